The minimum Gasteiger partial charge on any atom is -0.493 e. The Balaban J connectivity index is 1.99. The van der Waals surface area contributed by atoms with Gasteiger partial charge in [0.1, 0.15) is 0 Å². The summed E-state index contributed by atoms with van der Waals surface area (Å²) < 4.78 is 15.8. The Morgan fingerprint density at radius 2 is 1.70 bits per heavy atom. The van der Waals surface area contributed by atoms with E-state index in [-0.39, 0.29) is 5.56 Å². The van der Waals surface area contributed by atoms with Crippen molar-refractivity contribution in [1.82, 2.24) is 0 Å². The molecule has 1 aliphatic rings. The van der Waals surface area contributed by atoms with Crippen LogP contribution in [0.25, 0.3) is 0 Å². The third kappa shape index (κ3) is 3.10. The zero-order chi connectivity index (χ0) is 19.8. The second kappa shape index (κ2) is 6.92. The van der Waals surface area contributed by atoms with Crippen molar-refractivity contribution < 1.29 is 28.9 Å². The minimum atomic E-state index is -1.93. The maximum Gasteiger partial charge on any atom is 0.261 e. The molecular weight excluding hydrogens is 350 g/mol. The van der Waals surface area contributed by atoms with Gasteiger partial charge in [0.25, 0.3) is 5.91 Å². The number of anilines is 1. The number of ether oxygens (including phenoxy) is 3. The van der Waals surface area contributed by atoms with Crippen LogP contribution in [0.15, 0.2) is 30.3 Å². The van der Waals surface area contributed by atoms with E-state index in [0.717, 1.165) is 5.56 Å². The summed E-state index contributed by atoms with van der Waals surface area (Å²) in [5, 5.41) is 13.6. The molecule has 3 rings (SSSR count). The number of ketones is 1. The second-order valence-electron chi connectivity index (χ2n) is 6.38. The fraction of sp³-hybridized carbons (Fsp3) is 0.300. The van der Waals surface area contributed by atoms with Crippen molar-refractivity contribution in [3.63, 3.8) is 0 Å². The van der Waals surface area contributed by atoms with Crippen LogP contribution in [0.3, 0.4) is 0 Å². The molecule has 2 aromatic rings. The summed E-state index contributed by atoms with van der Waals surface area (Å²) in [4.78, 5) is 25.3. The molecule has 0 aliphatic carbocycles. The molecule has 0 saturated carbocycles. The first-order valence-electron chi connectivity index (χ1n) is 8.32. The molecular formula is C20H21NO6. The quantitative estimate of drug-likeness (QED) is 0.758. The summed E-state index contributed by atoms with van der Waals surface area (Å²) in [5.41, 5.74) is 0.0913. The summed E-state index contributed by atoms with van der Waals surface area (Å²) in [6.07, 6.45) is -0.409. The molecule has 1 aliphatic heterocycles. The number of Topliss-reactive ketones (excluding diaryl/α,β-unsaturated/α-hetero) is 1. The van der Waals surface area contributed by atoms with E-state index in [1.807, 2.05) is 13.0 Å². The van der Waals surface area contributed by atoms with Crippen LogP contribution in [0, 0.1) is 6.92 Å². The van der Waals surface area contributed by atoms with Gasteiger partial charge >= 0.3 is 0 Å². The predicted molar refractivity (Wildman–Crippen MR) is 98.8 cm³/mol. The van der Waals surface area contributed by atoms with Crippen LogP contribution in [-0.2, 0) is 10.4 Å². The van der Waals surface area contributed by atoms with Gasteiger partial charge in [-0.25, -0.2) is 0 Å². The normalized spacial score (nSPS) is 17.9. The molecule has 0 fully saturated rings. The number of amides is 1. The Hall–Kier alpha value is -3.06. The number of benzene rings is 2. The van der Waals surface area contributed by atoms with Gasteiger partial charge in [0.15, 0.2) is 22.9 Å². The maximum atomic E-state index is 12.9. The van der Waals surface area contributed by atoms with Crippen molar-refractivity contribution in [2.75, 3.05) is 26.6 Å². The number of carbonyl (C=O) groups excluding carboxylic acids is 2. The molecule has 1 heterocycles. The molecule has 0 spiro atoms. The lowest BCUT2D eigenvalue weighted by atomic mass is 9.87. The summed E-state index contributed by atoms with van der Waals surface area (Å²) in [7, 11) is 4.36. The summed E-state index contributed by atoms with van der Waals surface area (Å²) in [6.45, 7) is 1.85. The number of hydrogen-bond donors (Lipinski definition) is 2. The first kappa shape index (κ1) is 18.7. The van der Waals surface area contributed by atoms with Crippen molar-refractivity contribution >= 4 is 17.4 Å². The topological polar surface area (TPSA) is 94.1 Å². The third-order valence-electron chi connectivity index (χ3n) is 4.65. The molecule has 7 nitrogen and oxygen atoms in total. The second-order valence-corrected chi connectivity index (χ2v) is 6.38. The first-order chi connectivity index (χ1) is 12.8. The van der Waals surface area contributed by atoms with E-state index in [9.17, 15) is 14.7 Å². The molecule has 1 amide bonds. The van der Waals surface area contributed by atoms with Crippen LogP contribution in [0.4, 0.5) is 5.69 Å². The van der Waals surface area contributed by atoms with Crippen molar-refractivity contribution in [2.45, 2.75) is 18.9 Å². The van der Waals surface area contributed by atoms with Gasteiger partial charge in [-0.05, 0) is 25.1 Å². The molecule has 1 unspecified atom stereocenters. The Bertz CT molecular complexity index is 898. The van der Waals surface area contributed by atoms with Crippen LogP contribution in [-0.4, -0.2) is 38.1 Å². The molecule has 2 aromatic carbocycles. The van der Waals surface area contributed by atoms with Crippen LogP contribution < -0.4 is 19.5 Å². The van der Waals surface area contributed by atoms with E-state index < -0.39 is 23.7 Å². The van der Waals surface area contributed by atoms with Crippen molar-refractivity contribution in [1.29, 1.82) is 0 Å². The van der Waals surface area contributed by atoms with E-state index >= 15 is 0 Å². The predicted octanol–water partition coefficient (Wildman–Crippen LogP) is 2.43. The van der Waals surface area contributed by atoms with E-state index in [4.69, 9.17) is 14.2 Å². The highest BCUT2D eigenvalue weighted by Gasteiger charge is 2.47. The molecule has 7 heteroatoms. The zero-order valence-electron chi connectivity index (χ0n) is 15.6. The van der Waals surface area contributed by atoms with Crippen molar-refractivity contribution in [3.05, 3.63) is 47.0 Å². The number of hydrogen-bond acceptors (Lipinski definition) is 6. The highest BCUT2D eigenvalue weighted by Crippen LogP contribution is 2.42. The van der Waals surface area contributed by atoms with E-state index in [2.05, 4.69) is 5.32 Å². The smallest absolute Gasteiger partial charge is 0.261 e. The number of aryl methyl sites for hydroxylation is 1. The van der Waals surface area contributed by atoms with Gasteiger partial charge in [0.2, 0.25) is 5.75 Å². The SMILES string of the molecule is COc1cc(C(=O)CC2(O)C(=O)Nc3ccc(C)cc32)cc(OC)c1OC. The molecule has 2 N–H and O–H groups in total. The minimum absolute atomic E-state index is 0.242. The molecule has 0 radical (unpaired) electrons. The Kier molecular flexibility index (Phi) is 4.80. The van der Waals surface area contributed by atoms with Crippen molar-refractivity contribution in [2.24, 2.45) is 0 Å². The number of carbonyl (C=O) groups is 2. The molecule has 0 aromatic heterocycles. The lowest BCUT2D eigenvalue weighted by molar-refractivity contribution is -0.133. The van der Waals surface area contributed by atoms with Crippen LogP contribution in [0.1, 0.15) is 27.9 Å². The van der Waals surface area contributed by atoms with Gasteiger partial charge in [-0.3, -0.25) is 9.59 Å². The monoisotopic (exact) mass is 371 g/mol. The third-order valence-corrected chi connectivity index (χ3v) is 4.65. The Labute approximate surface area is 156 Å². The highest BCUT2D eigenvalue weighted by molar-refractivity contribution is 6.09. The Morgan fingerprint density at radius 1 is 1.07 bits per heavy atom. The number of fused-ring (bicyclic) bond motifs is 1. The molecule has 142 valence electrons. The fourth-order valence-electron chi connectivity index (χ4n) is 3.21. The van der Waals surface area contributed by atoms with Crippen LogP contribution >= 0.6 is 0 Å². The molecule has 0 saturated heterocycles. The average Bonchev–Trinajstić information content (AvgIpc) is 2.90. The number of methoxy groups -OCH3 is 3. The summed E-state index contributed by atoms with van der Waals surface area (Å²) in [6, 6.07) is 8.24. The van der Waals surface area contributed by atoms with Crippen LogP contribution in [0.2, 0.25) is 0 Å². The van der Waals surface area contributed by atoms with E-state index in [1.165, 1.54) is 33.5 Å². The summed E-state index contributed by atoms with van der Waals surface area (Å²) in [5.74, 6) is -0.0568. The van der Waals surface area contributed by atoms with Gasteiger partial charge in [-0.2, -0.15) is 0 Å². The van der Waals surface area contributed by atoms with Crippen LogP contribution in [0.5, 0.6) is 17.2 Å². The van der Waals surface area contributed by atoms with Gasteiger partial charge in [0.05, 0.1) is 27.8 Å². The summed E-state index contributed by atoms with van der Waals surface area (Å²) >= 11 is 0. The van der Waals surface area contributed by atoms with E-state index in [1.54, 1.807) is 12.1 Å². The van der Waals surface area contributed by atoms with Gasteiger partial charge in [-0.15, -0.1) is 0 Å². The number of nitrogens with one attached hydrogen (secondary N) is 1. The largest absolute Gasteiger partial charge is 0.493 e. The highest BCUT2D eigenvalue weighted by atomic mass is 16.5. The molecule has 27 heavy (non-hydrogen) atoms. The van der Waals surface area contributed by atoms with Crippen molar-refractivity contribution in [3.8, 4) is 17.2 Å². The Morgan fingerprint density at radius 3 is 2.26 bits per heavy atom. The van der Waals surface area contributed by atoms with Gasteiger partial charge in [0, 0.05) is 16.8 Å². The van der Waals surface area contributed by atoms with Gasteiger partial charge < -0.3 is 24.6 Å². The lowest BCUT2D eigenvalue weighted by Gasteiger charge is -2.21. The fourth-order valence-corrected chi connectivity index (χ4v) is 3.21. The maximum absolute atomic E-state index is 12.9. The first-order valence-corrected chi connectivity index (χ1v) is 8.32. The molecule has 0 bridgehead atoms. The molecule has 1 atom stereocenters. The average molecular weight is 371 g/mol. The van der Waals surface area contributed by atoms with Gasteiger partial charge in [-0.1, -0.05) is 17.7 Å². The lowest BCUT2D eigenvalue weighted by Crippen LogP contribution is -2.36. The number of aliphatic hydroxyl groups is 1. The standard InChI is InChI=1S/C20H21NO6/c1-11-5-6-14-13(7-11)20(24,19(23)21-14)10-15(22)12-8-16(25-2)18(27-4)17(9-12)26-3/h5-9,24H,10H2,1-4H3,(H,21,23). The number of rotatable bonds is 6. The zero-order valence-corrected chi connectivity index (χ0v) is 15.6. The van der Waals surface area contributed by atoms with E-state index in [0.29, 0.717) is 28.5 Å².